The molecule has 1 N–H and O–H groups in total. The number of carbonyl (C=O) groups is 1. The molecule has 0 fully saturated rings. The molecule has 0 spiro atoms. The third-order valence-corrected chi connectivity index (χ3v) is 3.61. The predicted molar refractivity (Wildman–Crippen MR) is 61.9 cm³/mol. The number of thiazole rings is 1. The minimum atomic E-state index is -0.922. The molecule has 0 saturated heterocycles. The second-order valence-corrected chi connectivity index (χ2v) is 4.86. The van der Waals surface area contributed by atoms with Crippen LogP contribution in [0.15, 0.2) is 29.9 Å². The van der Waals surface area contributed by atoms with Crippen LogP contribution in [0.1, 0.15) is 29.3 Å². The molecule has 16 heavy (non-hydrogen) atoms. The Hall–Kier alpha value is -1.62. The van der Waals surface area contributed by atoms with Crippen molar-refractivity contribution in [3.8, 4) is 0 Å². The van der Waals surface area contributed by atoms with Gasteiger partial charge in [-0.25, -0.2) is 9.78 Å². The van der Waals surface area contributed by atoms with Crippen molar-refractivity contribution in [1.82, 2.24) is 9.55 Å². The van der Waals surface area contributed by atoms with Crippen LogP contribution in [0, 0.1) is 0 Å². The van der Waals surface area contributed by atoms with E-state index < -0.39 is 11.5 Å². The summed E-state index contributed by atoms with van der Waals surface area (Å²) in [6, 6.07) is 3.33. The number of hydrogen-bond acceptors (Lipinski definition) is 3. The summed E-state index contributed by atoms with van der Waals surface area (Å²) >= 11 is 1.52. The van der Waals surface area contributed by atoms with Crippen LogP contribution >= 0.6 is 11.3 Å². The number of hydrogen-bond donors (Lipinski definition) is 1. The third kappa shape index (κ3) is 1.63. The Morgan fingerprint density at radius 1 is 1.56 bits per heavy atom. The second-order valence-electron chi connectivity index (χ2n) is 3.96. The average Bonchev–Trinajstić information content (AvgIpc) is 2.89. The smallest absolute Gasteiger partial charge is 0.352 e. The van der Waals surface area contributed by atoms with Crippen molar-refractivity contribution in [2.45, 2.75) is 19.4 Å². The standard InChI is InChI=1S/C11H12N2O2S/c1-11(2,10-12-5-7-16-10)13-6-3-4-8(13)9(14)15/h3-7H,1-2H3,(H,14,15). The molecule has 0 atom stereocenters. The van der Waals surface area contributed by atoms with Crippen molar-refractivity contribution in [3.63, 3.8) is 0 Å². The van der Waals surface area contributed by atoms with Gasteiger partial charge in [0.1, 0.15) is 10.7 Å². The molecule has 5 heteroatoms. The van der Waals surface area contributed by atoms with Gasteiger partial charge in [0.25, 0.3) is 0 Å². The van der Waals surface area contributed by atoms with Crippen molar-refractivity contribution in [1.29, 1.82) is 0 Å². The van der Waals surface area contributed by atoms with Gasteiger partial charge in [-0.15, -0.1) is 11.3 Å². The summed E-state index contributed by atoms with van der Waals surface area (Å²) in [7, 11) is 0. The van der Waals surface area contributed by atoms with E-state index in [1.165, 1.54) is 11.3 Å². The van der Waals surface area contributed by atoms with Crippen molar-refractivity contribution in [3.05, 3.63) is 40.6 Å². The lowest BCUT2D eigenvalue weighted by Gasteiger charge is -2.26. The van der Waals surface area contributed by atoms with Crippen LogP contribution in [-0.2, 0) is 5.54 Å². The van der Waals surface area contributed by atoms with E-state index in [0.29, 0.717) is 0 Å². The normalized spacial score (nSPS) is 11.6. The number of aromatic nitrogens is 2. The van der Waals surface area contributed by atoms with Crippen molar-refractivity contribution in [2.75, 3.05) is 0 Å². The van der Waals surface area contributed by atoms with E-state index in [-0.39, 0.29) is 5.69 Å². The molecule has 2 rings (SSSR count). The van der Waals surface area contributed by atoms with Crippen LogP contribution in [-0.4, -0.2) is 20.6 Å². The van der Waals surface area contributed by atoms with Crippen molar-refractivity contribution >= 4 is 17.3 Å². The number of rotatable bonds is 3. The van der Waals surface area contributed by atoms with Gasteiger partial charge in [0, 0.05) is 17.8 Å². The molecule has 2 aromatic heterocycles. The SMILES string of the molecule is CC(C)(c1nccs1)n1cccc1C(=O)O. The maximum Gasteiger partial charge on any atom is 0.352 e. The summed E-state index contributed by atoms with van der Waals surface area (Å²) in [6.45, 7) is 3.91. The first-order chi connectivity index (χ1) is 7.53. The Morgan fingerprint density at radius 3 is 2.88 bits per heavy atom. The largest absolute Gasteiger partial charge is 0.477 e. The average molecular weight is 236 g/mol. The molecule has 0 aliphatic carbocycles. The zero-order chi connectivity index (χ0) is 11.8. The highest BCUT2D eigenvalue weighted by atomic mass is 32.1. The van der Waals surface area contributed by atoms with Crippen LogP contribution in [0.4, 0.5) is 0 Å². The molecule has 2 heterocycles. The van der Waals surface area contributed by atoms with E-state index in [4.69, 9.17) is 5.11 Å². The molecule has 84 valence electrons. The Bertz CT molecular complexity index is 500. The molecule has 0 aromatic carbocycles. The summed E-state index contributed by atoms with van der Waals surface area (Å²) in [5.74, 6) is -0.922. The van der Waals surface area contributed by atoms with Gasteiger partial charge >= 0.3 is 5.97 Å². The summed E-state index contributed by atoms with van der Waals surface area (Å²) in [5.41, 5.74) is -0.161. The molecular formula is C11H12N2O2S. The molecule has 0 amide bonds. The number of carboxylic acid groups (broad SMARTS) is 1. The lowest BCUT2D eigenvalue weighted by molar-refractivity contribution is 0.0680. The fourth-order valence-electron chi connectivity index (χ4n) is 1.67. The van der Waals surface area contributed by atoms with E-state index in [9.17, 15) is 4.79 Å². The Balaban J connectivity index is 2.51. The molecule has 0 bridgehead atoms. The van der Waals surface area contributed by atoms with Crippen LogP contribution in [0.5, 0.6) is 0 Å². The molecule has 2 aromatic rings. The van der Waals surface area contributed by atoms with Crippen LogP contribution < -0.4 is 0 Å². The summed E-state index contributed by atoms with van der Waals surface area (Å²) in [6.07, 6.45) is 3.50. The van der Waals surface area contributed by atoms with E-state index >= 15 is 0 Å². The van der Waals surface area contributed by atoms with Gasteiger partial charge in [0.05, 0.1) is 5.54 Å². The summed E-state index contributed by atoms with van der Waals surface area (Å²) in [4.78, 5) is 15.3. The van der Waals surface area contributed by atoms with Gasteiger partial charge in [-0.05, 0) is 26.0 Å². The fraction of sp³-hybridized carbons (Fsp3) is 0.273. The maximum absolute atomic E-state index is 11.1. The summed E-state index contributed by atoms with van der Waals surface area (Å²) < 4.78 is 1.73. The Labute approximate surface area is 97.2 Å². The van der Waals surface area contributed by atoms with E-state index in [1.807, 2.05) is 19.2 Å². The zero-order valence-electron chi connectivity index (χ0n) is 9.04. The molecule has 0 aliphatic rings. The summed E-state index contributed by atoms with van der Waals surface area (Å²) in [5, 5.41) is 11.9. The minimum absolute atomic E-state index is 0.278. The first-order valence-corrected chi connectivity index (χ1v) is 5.72. The van der Waals surface area contributed by atoms with E-state index in [1.54, 1.807) is 29.1 Å². The van der Waals surface area contributed by atoms with Gasteiger partial charge in [0.15, 0.2) is 0 Å². The minimum Gasteiger partial charge on any atom is -0.477 e. The van der Waals surface area contributed by atoms with Crippen LogP contribution in [0.2, 0.25) is 0 Å². The van der Waals surface area contributed by atoms with Crippen LogP contribution in [0.25, 0.3) is 0 Å². The molecule has 0 aliphatic heterocycles. The fourth-order valence-corrected chi connectivity index (χ4v) is 2.43. The Morgan fingerprint density at radius 2 is 2.31 bits per heavy atom. The van der Waals surface area contributed by atoms with Crippen molar-refractivity contribution in [2.24, 2.45) is 0 Å². The van der Waals surface area contributed by atoms with E-state index in [0.717, 1.165) is 5.01 Å². The molecule has 0 saturated carbocycles. The highest BCUT2D eigenvalue weighted by Crippen LogP contribution is 2.28. The molecule has 0 unspecified atom stereocenters. The number of nitrogens with zero attached hydrogens (tertiary/aromatic N) is 2. The number of aromatic carboxylic acids is 1. The monoisotopic (exact) mass is 236 g/mol. The molecular weight excluding hydrogens is 224 g/mol. The molecule has 4 nitrogen and oxygen atoms in total. The van der Waals surface area contributed by atoms with Gasteiger partial charge in [-0.1, -0.05) is 0 Å². The maximum atomic E-state index is 11.1. The topological polar surface area (TPSA) is 55.1 Å². The van der Waals surface area contributed by atoms with Crippen LogP contribution in [0.3, 0.4) is 0 Å². The van der Waals surface area contributed by atoms with Gasteiger partial charge in [0.2, 0.25) is 0 Å². The third-order valence-electron chi connectivity index (χ3n) is 2.53. The quantitative estimate of drug-likeness (QED) is 0.890. The van der Waals surface area contributed by atoms with E-state index in [2.05, 4.69) is 4.98 Å². The number of carboxylic acids is 1. The van der Waals surface area contributed by atoms with Gasteiger partial charge in [-0.3, -0.25) is 0 Å². The predicted octanol–water partition coefficient (Wildman–Crippen LogP) is 2.43. The molecule has 0 radical (unpaired) electrons. The first-order valence-electron chi connectivity index (χ1n) is 4.84. The lowest BCUT2D eigenvalue weighted by atomic mass is 10.1. The lowest BCUT2D eigenvalue weighted by Crippen LogP contribution is -2.29. The highest BCUT2D eigenvalue weighted by molar-refractivity contribution is 7.09. The van der Waals surface area contributed by atoms with Gasteiger partial charge < -0.3 is 9.67 Å². The second kappa shape index (κ2) is 3.75. The first kappa shape index (κ1) is 10.9. The Kier molecular flexibility index (Phi) is 2.55. The zero-order valence-corrected chi connectivity index (χ0v) is 9.86. The highest BCUT2D eigenvalue weighted by Gasteiger charge is 2.28. The van der Waals surface area contributed by atoms with Crippen molar-refractivity contribution < 1.29 is 9.90 Å². The van der Waals surface area contributed by atoms with Gasteiger partial charge in [-0.2, -0.15) is 0 Å².